The van der Waals surface area contributed by atoms with Crippen molar-refractivity contribution in [3.63, 3.8) is 0 Å². The molecule has 2 heterocycles. The van der Waals surface area contributed by atoms with E-state index in [1.54, 1.807) is 11.3 Å². The third-order valence-corrected chi connectivity index (χ3v) is 4.61. The van der Waals surface area contributed by atoms with E-state index in [1.165, 1.54) is 0 Å². The molecule has 1 amide bonds. The normalized spacial score (nSPS) is 19.2. The molecule has 1 unspecified atom stereocenters. The molecule has 1 aliphatic rings. The van der Waals surface area contributed by atoms with Crippen LogP contribution in [-0.2, 0) is 6.42 Å². The molecule has 1 saturated heterocycles. The highest BCUT2D eigenvalue weighted by Gasteiger charge is 2.26. The summed E-state index contributed by atoms with van der Waals surface area (Å²) in [6.45, 7) is 5.98. The lowest BCUT2D eigenvalue weighted by atomic mass is 10.2. The predicted octanol–water partition coefficient (Wildman–Crippen LogP) is 1.84. The average molecular weight is 267 g/mol. The molecule has 0 aromatic carbocycles. The second-order valence-electron chi connectivity index (χ2n) is 4.83. The van der Waals surface area contributed by atoms with E-state index in [0.29, 0.717) is 6.04 Å². The van der Waals surface area contributed by atoms with Crippen molar-refractivity contribution in [2.75, 3.05) is 20.1 Å². The van der Waals surface area contributed by atoms with Crippen molar-refractivity contribution in [3.8, 4) is 0 Å². The van der Waals surface area contributed by atoms with Crippen molar-refractivity contribution in [3.05, 3.63) is 15.6 Å². The van der Waals surface area contributed by atoms with Crippen LogP contribution in [0.5, 0.6) is 0 Å². The number of aryl methyl sites for hydroxylation is 2. The zero-order chi connectivity index (χ0) is 13.1. The van der Waals surface area contributed by atoms with Crippen molar-refractivity contribution in [2.45, 2.75) is 39.2 Å². The van der Waals surface area contributed by atoms with E-state index in [9.17, 15) is 4.79 Å². The van der Waals surface area contributed by atoms with Crippen LogP contribution in [0.1, 0.15) is 40.1 Å². The molecule has 0 saturated carbocycles. The van der Waals surface area contributed by atoms with E-state index in [4.69, 9.17) is 0 Å². The molecular weight excluding hydrogens is 246 g/mol. The van der Waals surface area contributed by atoms with E-state index in [1.807, 2.05) is 18.9 Å². The number of amides is 1. The van der Waals surface area contributed by atoms with Gasteiger partial charge in [-0.15, -0.1) is 11.3 Å². The summed E-state index contributed by atoms with van der Waals surface area (Å²) in [5.41, 5.74) is 0.881. The quantitative estimate of drug-likeness (QED) is 0.905. The molecule has 1 atom stereocenters. The molecular formula is C13H21N3OS. The van der Waals surface area contributed by atoms with Crippen LogP contribution in [0.25, 0.3) is 0 Å². The first-order valence-corrected chi connectivity index (χ1v) is 7.39. The van der Waals surface area contributed by atoms with Crippen LogP contribution in [0.4, 0.5) is 0 Å². The van der Waals surface area contributed by atoms with Crippen LogP contribution in [-0.4, -0.2) is 42.0 Å². The lowest BCUT2D eigenvalue weighted by Gasteiger charge is -2.23. The second kappa shape index (κ2) is 5.80. The maximum absolute atomic E-state index is 12.4. The van der Waals surface area contributed by atoms with Crippen LogP contribution in [0, 0.1) is 6.92 Å². The molecule has 1 aliphatic heterocycles. The third-order valence-electron chi connectivity index (χ3n) is 3.40. The van der Waals surface area contributed by atoms with Gasteiger partial charge in [0.2, 0.25) is 0 Å². The van der Waals surface area contributed by atoms with E-state index < -0.39 is 0 Å². The summed E-state index contributed by atoms with van der Waals surface area (Å²) in [5, 5.41) is 4.37. The van der Waals surface area contributed by atoms with Gasteiger partial charge in [0.05, 0.1) is 10.7 Å². The lowest BCUT2D eigenvalue weighted by molar-refractivity contribution is 0.0747. The van der Waals surface area contributed by atoms with Crippen LogP contribution < -0.4 is 5.32 Å². The molecule has 1 fully saturated rings. The molecule has 1 N–H and O–H groups in total. The van der Waals surface area contributed by atoms with Gasteiger partial charge in [0.15, 0.2) is 0 Å². The van der Waals surface area contributed by atoms with Gasteiger partial charge in [-0.05, 0) is 32.7 Å². The Labute approximate surface area is 112 Å². The number of rotatable bonds is 4. The van der Waals surface area contributed by atoms with E-state index in [2.05, 4.69) is 17.2 Å². The minimum Gasteiger partial charge on any atom is -0.337 e. The fraction of sp³-hybridized carbons (Fsp3) is 0.692. The van der Waals surface area contributed by atoms with Gasteiger partial charge in [-0.2, -0.15) is 0 Å². The summed E-state index contributed by atoms with van der Waals surface area (Å²) in [6.07, 6.45) is 3.08. The topological polar surface area (TPSA) is 45.2 Å². The van der Waals surface area contributed by atoms with Gasteiger partial charge in [0, 0.05) is 19.6 Å². The Bertz CT molecular complexity index is 424. The maximum Gasteiger partial charge on any atom is 0.265 e. The van der Waals surface area contributed by atoms with E-state index in [0.717, 1.165) is 47.9 Å². The fourth-order valence-electron chi connectivity index (χ4n) is 2.27. The summed E-state index contributed by atoms with van der Waals surface area (Å²) in [4.78, 5) is 19.6. The number of nitrogens with zero attached hydrogens (tertiary/aromatic N) is 2. The highest BCUT2D eigenvalue weighted by atomic mass is 32.1. The molecule has 4 nitrogen and oxygen atoms in total. The standard InChI is InChI=1S/C13H21N3OS/c1-4-5-11-15-9(2)12(18-11)13(17)16(3)10-6-7-14-8-10/h10,14H,4-8H2,1-3H3. The molecule has 0 spiro atoms. The van der Waals surface area contributed by atoms with Crippen molar-refractivity contribution in [1.29, 1.82) is 0 Å². The summed E-state index contributed by atoms with van der Waals surface area (Å²) in [6, 6.07) is 0.327. The lowest BCUT2D eigenvalue weighted by Crippen LogP contribution is -2.38. The monoisotopic (exact) mass is 267 g/mol. The Morgan fingerprint density at radius 1 is 1.61 bits per heavy atom. The van der Waals surface area contributed by atoms with Gasteiger partial charge in [-0.25, -0.2) is 4.98 Å². The van der Waals surface area contributed by atoms with Crippen molar-refractivity contribution in [1.82, 2.24) is 15.2 Å². The number of carbonyl (C=O) groups is 1. The van der Waals surface area contributed by atoms with Crippen LogP contribution in [0.2, 0.25) is 0 Å². The number of likely N-dealkylation sites (N-methyl/N-ethyl adjacent to an activating group) is 1. The Morgan fingerprint density at radius 3 is 3.00 bits per heavy atom. The minimum absolute atomic E-state index is 0.126. The Kier molecular flexibility index (Phi) is 4.35. The van der Waals surface area contributed by atoms with Gasteiger partial charge in [-0.1, -0.05) is 6.92 Å². The first kappa shape index (κ1) is 13.5. The van der Waals surface area contributed by atoms with Crippen LogP contribution in [0.15, 0.2) is 0 Å². The van der Waals surface area contributed by atoms with E-state index >= 15 is 0 Å². The number of nitrogens with one attached hydrogen (secondary N) is 1. The summed E-state index contributed by atoms with van der Waals surface area (Å²) in [5.74, 6) is 0.126. The molecule has 1 aromatic rings. The van der Waals surface area contributed by atoms with Crippen LogP contribution >= 0.6 is 11.3 Å². The largest absolute Gasteiger partial charge is 0.337 e. The number of hydrogen-bond acceptors (Lipinski definition) is 4. The predicted molar refractivity (Wildman–Crippen MR) is 74.2 cm³/mol. The van der Waals surface area contributed by atoms with Gasteiger partial charge in [0.25, 0.3) is 5.91 Å². The third kappa shape index (κ3) is 2.72. The van der Waals surface area contributed by atoms with Gasteiger partial charge in [0.1, 0.15) is 4.88 Å². The summed E-state index contributed by atoms with van der Waals surface area (Å²) in [7, 11) is 1.90. The van der Waals surface area contributed by atoms with Crippen molar-refractivity contribution >= 4 is 17.2 Å². The van der Waals surface area contributed by atoms with Crippen LogP contribution in [0.3, 0.4) is 0 Å². The number of aromatic nitrogens is 1. The zero-order valence-electron chi connectivity index (χ0n) is 11.3. The second-order valence-corrected chi connectivity index (χ2v) is 5.92. The molecule has 0 radical (unpaired) electrons. The summed E-state index contributed by atoms with van der Waals surface area (Å²) < 4.78 is 0. The maximum atomic E-state index is 12.4. The first-order chi connectivity index (χ1) is 8.63. The fourth-order valence-corrected chi connectivity index (χ4v) is 3.42. The Balaban J connectivity index is 2.12. The smallest absolute Gasteiger partial charge is 0.265 e. The van der Waals surface area contributed by atoms with Gasteiger partial charge in [-0.3, -0.25) is 4.79 Å². The van der Waals surface area contributed by atoms with Gasteiger partial charge < -0.3 is 10.2 Å². The molecule has 18 heavy (non-hydrogen) atoms. The molecule has 2 rings (SSSR count). The molecule has 0 aliphatic carbocycles. The van der Waals surface area contributed by atoms with Crippen molar-refractivity contribution < 1.29 is 4.79 Å². The zero-order valence-corrected chi connectivity index (χ0v) is 12.1. The Morgan fingerprint density at radius 2 is 2.39 bits per heavy atom. The number of carbonyl (C=O) groups excluding carboxylic acids is 1. The molecule has 100 valence electrons. The first-order valence-electron chi connectivity index (χ1n) is 6.57. The molecule has 5 heteroatoms. The molecule has 1 aromatic heterocycles. The number of thiazole rings is 1. The Hall–Kier alpha value is -0.940. The SMILES string of the molecule is CCCc1nc(C)c(C(=O)N(C)C2CCNC2)s1. The molecule has 0 bridgehead atoms. The van der Waals surface area contributed by atoms with E-state index in [-0.39, 0.29) is 5.91 Å². The van der Waals surface area contributed by atoms with Crippen molar-refractivity contribution in [2.24, 2.45) is 0 Å². The summed E-state index contributed by atoms with van der Waals surface area (Å²) >= 11 is 1.56. The highest BCUT2D eigenvalue weighted by molar-refractivity contribution is 7.13. The average Bonchev–Trinajstić information content (AvgIpc) is 2.97. The highest BCUT2D eigenvalue weighted by Crippen LogP contribution is 2.22. The van der Waals surface area contributed by atoms with Gasteiger partial charge >= 0.3 is 0 Å². The number of hydrogen-bond donors (Lipinski definition) is 1. The minimum atomic E-state index is 0.126.